The Balaban J connectivity index is 0.00000417. The Hall–Kier alpha value is -3.03. The average Bonchev–Trinajstić information content (AvgIpc) is 3.22. The molecular formula is C36H46IN5O3Si. The van der Waals surface area contributed by atoms with Crippen LogP contribution in [0.25, 0.3) is 0 Å². The van der Waals surface area contributed by atoms with Crippen molar-refractivity contribution in [3.8, 4) is 5.75 Å². The number of nitrogens with one attached hydrogen (secondary N) is 1. The van der Waals surface area contributed by atoms with E-state index in [0.717, 1.165) is 61.2 Å². The smallest absolute Gasteiger partial charge is 0.261 e. The molecule has 3 heterocycles. The van der Waals surface area contributed by atoms with E-state index < -0.39 is 8.32 Å². The number of hydrogen-bond acceptors (Lipinski definition) is 7. The normalized spacial score (nSPS) is 17.8. The van der Waals surface area contributed by atoms with Crippen molar-refractivity contribution in [1.82, 2.24) is 9.97 Å². The minimum atomic E-state index is -2.59. The molecule has 1 unspecified atom stereocenters. The predicted octanol–water partition coefficient (Wildman–Crippen LogP) is 2.15. The van der Waals surface area contributed by atoms with Gasteiger partial charge in [-0.2, -0.15) is 0 Å². The molecule has 1 fully saturated rings. The topological polar surface area (TPSA) is 68.7 Å². The number of benzene rings is 3. The fourth-order valence-electron chi connectivity index (χ4n) is 7.10. The maximum absolute atomic E-state index is 7.27. The van der Waals surface area contributed by atoms with Gasteiger partial charge in [0, 0.05) is 19.6 Å². The summed E-state index contributed by atoms with van der Waals surface area (Å²) in [5.74, 6) is 2.78. The minimum Gasteiger partial charge on any atom is -1.00 e. The standard InChI is InChI=1S/C36H46N5O3Si.HI/c1-36(2,3)45(31-12-7-5-8-13-31,32-14-9-6-10-15-32)44-23-11-21-41-22-25-43-24-20-40(41)35-33(27-41)34(38-28-39-35)37-26-29-16-18-30(42-4)19-17-29;/h5-10,12-19,28H,11,20-27H2,1-4H3,(H,37,38,39);1H/q+1;/p-1. The van der Waals surface area contributed by atoms with Crippen LogP contribution in [0.1, 0.15) is 38.3 Å². The summed E-state index contributed by atoms with van der Waals surface area (Å²) in [6.07, 6.45) is 2.62. The molecule has 3 aromatic carbocycles. The monoisotopic (exact) mass is 751 g/mol. The third kappa shape index (κ3) is 6.82. The van der Waals surface area contributed by atoms with Gasteiger partial charge in [-0.05, 0) is 33.1 Å². The van der Waals surface area contributed by atoms with Gasteiger partial charge in [-0.3, -0.25) is 0 Å². The van der Waals surface area contributed by atoms with E-state index in [1.165, 1.54) is 21.5 Å². The van der Waals surface area contributed by atoms with Crippen LogP contribution < -0.4 is 49.4 Å². The van der Waals surface area contributed by atoms with Crippen LogP contribution in [0.4, 0.5) is 11.6 Å². The molecule has 0 bridgehead atoms. The van der Waals surface area contributed by atoms with Crippen molar-refractivity contribution in [3.63, 3.8) is 0 Å². The highest BCUT2D eigenvalue weighted by atomic mass is 127. The van der Waals surface area contributed by atoms with Crippen LogP contribution in [0.2, 0.25) is 5.04 Å². The summed E-state index contributed by atoms with van der Waals surface area (Å²) in [6.45, 7) is 13.3. The lowest BCUT2D eigenvalue weighted by molar-refractivity contribution is -0.942. The third-order valence-corrected chi connectivity index (χ3v) is 14.3. The number of anilines is 2. The van der Waals surface area contributed by atoms with Crippen LogP contribution in [0.5, 0.6) is 5.75 Å². The van der Waals surface area contributed by atoms with Gasteiger partial charge in [0.15, 0.2) is 5.82 Å². The first kappa shape index (κ1) is 34.3. The van der Waals surface area contributed by atoms with Gasteiger partial charge in [0.05, 0.1) is 32.4 Å². The van der Waals surface area contributed by atoms with E-state index in [1.54, 1.807) is 13.4 Å². The SMILES string of the molecule is COc1ccc(CNc2ncnc3c2C[N+]2(CCCO[Si](c4ccccc4)(c4ccccc4)C(C)(C)C)CCOCCN32)cc1.[I-]. The Morgan fingerprint density at radius 3 is 2.22 bits per heavy atom. The van der Waals surface area contributed by atoms with Crippen molar-refractivity contribution in [3.05, 3.63) is 102 Å². The van der Waals surface area contributed by atoms with Crippen LogP contribution in [-0.2, 0) is 22.3 Å². The van der Waals surface area contributed by atoms with Gasteiger partial charge in [-0.15, -0.1) is 0 Å². The van der Waals surface area contributed by atoms with Crippen molar-refractivity contribution in [2.75, 3.05) is 56.9 Å². The van der Waals surface area contributed by atoms with Gasteiger partial charge in [-0.1, -0.05) is 93.6 Å². The number of hydrogen-bond donors (Lipinski definition) is 1. The van der Waals surface area contributed by atoms with Gasteiger partial charge in [0.2, 0.25) is 0 Å². The first-order valence-corrected chi connectivity index (χ1v) is 17.9. The lowest BCUT2D eigenvalue weighted by Crippen LogP contribution is -3.00. The summed E-state index contributed by atoms with van der Waals surface area (Å²) < 4.78 is 19.4. The summed E-state index contributed by atoms with van der Waals surface area (Å²) >= 11 is 0. The molecular weight excluding hydrogens is 705 g/mol. The van der Waals surface area contributed by atoms with Gasteiger partial charge in [-0.25, -0.2) is 19.6 Å². The van der Waals surface area contributed by atoms with Gasteiger partial charge < -0.3 is 43.2 Å². The number of aromatic nitrogens is 2. The Labute approximate surface area is 291 Å². The number of halogens is 1. The molecule has 6 rings (SSSR count). The van der Waals surface area contributed by atoms with E-state index >= 15 is 0 Å². The molecule has 0 saturated carbocycles. The van der Waals surface area contributed by atoms with Crippen molar-refractivity contribution in [1.29, 1.82) is 0 Å². The summed E-state index contributed by atoms with van der Waals surface area (Å²) in [5, 5.41) is 8.64. The van der Waals surface area contributed by atoms with E-state index in [9.17, 15) is 0 Å². The van der Waals surface area contributed by atoms with Crippen molar-refractivity contribution < 1.29 is 42.5 Å². The molecule has 8 nitrogen and oxygen atoms in total. The molecule has 1 aromatic heterocycles. The van der Waals surface area contributed by atoms with Crippen molar-refractivity contribution in [2.45, 2.75) is 45.3 Å². The van der Waals surface area contributed by atoms with E-state index in [2.05, 4.69) is 104 Å². The second-order valence-electron chi connectivity index (χ2n) is 13.0. The molecule has 4 aromatic rings. The first-order valence-electron chi connectivity index (χ1n) is 16.0. The number of quaternary nitrogens is 1. The lowest BCUT2D eigenvalue weighted by atomic mass is 10.2. The summed E-state index contributed by atoms with van der Waals surface area (Å²) in [7, 11) is -0.899. The highest BCUT2D eigenvalue weighted by Gasteiger charge is 2.51. The molecule has 0 radical (unpaired) electrons. The quantitative estimate of drug-likeness (QED) is 0.109. The highest BCUT2D eigenvalue weighted by molar-refractivity contribution is 6.99. The highest BCUT2D eigenvalue weighted by Crippen LogP contribution is 2.40. The molecule has 1 atom stereocenters. The fourth-order valence-corrected chi connectivity index (χ4v) is 11.7. The van der Waals surface area contributed by atoms with Crippen LogP contribution in [0.15, 0.2) is 91.3 Å². The van der Waals surface area contributed by atoms with Crippen LogP contribution in [0.3, 0.4) is 0 Å². The molecule has 2 aliphatic heterocycles. The molecule has 244 valence electrons. The molecule has 46 heavy (non-hydrogen) atoms. The average molecular weight is 752 g/mol. The second-order valence-corrected chi connectivity index (χ2v) is 17.3. The molecule has 0 spiro atoms. The summed E-state index contributed by atoms with van der Waals surface area (Å²) in [5.41, 5.74) is 2.36. The number of ether oxygens (including phenoxy) is 2. The van der Waals surface area contributed by atoms with E-state index in [-0.39, 0.29) is 29.0 Å². The second kappa shape index (κ2) is 14.8. The molecule has 0 aliphatic carbocycles. The summed E-state index contributed by atoms with van der Waals surface area (Å²) in [4.78, 5) is 9.51. The molecule has 1 N–H and O–H groups in total. The van der Waals surface area contributed by atoms with Crippen LogP contribution in [-0.4, -0.2) is 69.4 Å². The first-order chi connectivity index (χ1) is 21.9. The molecule has 1 saturated heterocycles. The summed E-state index contributed by atoms with van der Waals surface area (Å²) in [6, 6.07) is 30.0. The maximum atomic E-state index is 7.27. The van der Waals surface area contributed by atoms with Crippen molar-refractivity contribution >= 4 is 30.3 Å². The molecule has 10 heteroatoms. The number of nitrogens with zero attached hydrogens (tertiary/aromatic N) is 4. The Morgan fingerprint density at radius 2 is 1.59 bits per heavy atom. The number of fused-ring (bicyclic) bond motifs is 3. The third-order valence-electron chi connectivity index (χ3n) is 9.30. The Kier molecular flexibility index (Phi) is 11.0. The molecule has 0 amide bonds. The van der Waals surface area contributed by atoms with E-state index in [1.807, 2.05) is 12.1 Å². The number of methoxy groups -OCH3 is 1. The predicted molar refractivity (Wildman–Crippen MR) is 182 cm³/mol. The largest absolute Gasteiger partial charge is 1.00 e. The van der Waals surface area contributed by atoms with Crippen LogP contribution >= 0.6 is 0 Å². The van der Waals surface area contributed by atoms with Crippen LogP contribution in [0, 0.1) is 0 Å². The number of rotatable bonds is 11. The lowest BCUT2D eigenvalue weighted by Gasteiger charge is -2.43. The van der Waals surface area contributed by atoms with Gasteiger partial charge in [0.1, 0.15) is 37.5 Å². The van der Waals surface area contributed by atoms with E-state index in [4.69, 9.17) is 23.9 Å². The Bertz CT molecular complexity index is 1520. The zero-order valence-electron chi connectivity index (χ0n) is 27.4. The Morgan fingerprint density at radius 1 is 0.913 bits per heavy atom. The minimum absolute atomic E-state index is 0. The fraction of sp³-hybridized carbons (Fsp3) is 0.389. The zero-order chi connectivity index (χ0) is 31.3. The zero-order valence-corrected chi connectivity index (χ0v) is 30.6. The molecule has 2 aliphatic rings. The van der Waals surface area contributed by atoms with Crippen molar-refractivity contribution in [2.24, 2.45) is 0 Å². The van der Waals surface area contributed by atoms with Gasteiger partial charge in [0.25, 0.3) is 8.32 Å². The van der Waals surface area contributed by atoms with Gasteiger partial charge >= 0.3 is 0 Å². The van der Waals surface area contributed by atoms with E-state index in [0.29, 0.717) is 19.8 Å². The maximum Gasteiger partial charge on any atom is 0.261 e.